The first-order valence-electron chi connectivity index (χ1n) is 8.90. The first kappa shape index (κ1) is 19.5. The molecule has 9 nitrogen and oxygen atoms in total. The van der Waals surface area contributed by atoms with Crippen LogP contribution in [-0.4, -0.2) is 64.9 Å². The lowest BCUT2D eigenvalue weighted by atomic mass is 10.2. The predicted molar refractivity (Wildman–Crippen MR) is 107 cm³/mol. The quantitative estimate of drug-likeness (QED) is 0.612. The fraction of sp³-hybridized carbons (Fsp3) is 0.278. The van der Waals surface area contributed by atoms with E-state index in [9.17, 15) is 13.8 Å². The molecule has 4 rings (SSSR count). The topological polar surface area (TPSA) is 110 Å². The van der Waals surface area contributed by atoms with E-state index >= 15 is 0 Å². The van der Waals surface area contributed by atoms with Gasteiger partial charge in [-0.05, 0) is 18.6 Å². The highest BCUT2D eigenvalue weighted by molar-refractivity contribution is 7.93. The normalized spacial score (nSPS) is 19.7. The number of carbonyl (C=O) groups excluding carboxylic acids is 2. The van der Waals surface area contributed by atoms with E-state index in [1.807, 2.05) is 0 Å². The van der Waals surface area contributed by atoms with E-state index in [0.717, 1.165) is 0 Å². The number of hydrogen-bond acceptors (Lipinski definition) is 6. The number of pyridine rings is 1. The van der Waals surface area contributed by atoms with Gasteiger partial charge in [-0.1, -0.05) is 11.6 Å². The minimum atomic E-state index is -2.81. The molecule has 4 heterocycles. The zero-order chi connectivity index (χ0) is 20.4. The molecule has 1 saturated heterocycles. The molecule has 1 aliphatic rings. The number of fused-ring (bicyclic) bond motifs is 1. The molecule has 3 aromatic rings. The molecular formula is C18H17ClN6O3S. The van der Waals surface area contributed by atoms with E-state index < -0.39 is 15.6 Å². The molecule has 0 bridgehead atoms. The van der Waals surface area contributed by atoms with Gasteiger partial charge in [0.15, 0.2) is 0 Å². The molecule has 1 aliphatic heterocycles. The van der Waals surface area contributed by atoms with Gasteiger partial charge in [0.1, 0.15) is 5.69 Å². The molecule has 0 N–H and O–H groups in total. The Morgan fingerprint density at radius 1 is 1.14 bits per heavy atom. The molecular weight excluding hydrogens is 416 g/mol. The molecule has 0 aliphatic carbocycles. The van der Waals surface area contributed by atoms with Crippen LogP contribution in [0.4, 0.5) is 0 Å². The van der Waals surface area contributed by atoms with Crippen LogP contribution in [0.15, 0.2) is 47.5 Å². The Bertz CT molecular complexity index is 1220. The smallest absolute Gasteiger partial charge is 0.305 e. The highest BCUT2D eigenvalue weighted by Gasteiger charge is 2.25. The van der Waals surface area contributed by atoms with Gasteiger partial charge >= 0.3 is 5.91 Å². The maximum Gasteiger partial charge on any atom is 0.305 e. The second kappa shape index (κ2) is 7.88. The summed E-state index contributed by atoms with van der Waals surface area (Å²) in [5.41, 5.74) is 0.394. The van der Waals surface area contributed by atoms with Crippen molar-refractivity contribution in [2.75, 3.05) is 24.6 Å². The summed E-state index contributed by atoms with van der Waals surface area (Å²) in [6, 6.07) is 3.13. The summed E-state index contributed by atoms with van der Waals surface area (Å²) >= 11 is 5.98. The Morgan fingerprint density at radius 2 is 2.00 bits per heavy atom. The molecule has 2 amide bonds. The van der Waals surface area contributed by atoms with E-state index in [0.29, 0.717) is 24.3 Å². The minimum Gasteiger partial charge on any atom is -0.338 e. The van der Waals surface area contributed by atoms with E-state index in [1.165, 1.54) is 18.5 Å². The van der Waals surface area contributed by atoms with Crippen LogP contribution >= 0.6 is 11.6 Å². The summed E-state index contributed by atoms with van der Waals surface area (Å²) in [6.45, 7) is 0.651. The second-order valence-corrected chi connectivity index (χ2v) is 9.49. The van der Waals surface area contributed by atoms with E-state index in [4.69, 9.17) is 11.6 Å². The Labute approximate surface area is 171 Å². The van der Waals surface area contributed by atoms with Crippen molar-refractivity contribution in [1.29, 1.82) is 0 Å². The first-order valence-corrected chi connectivity index (χ1v) is 11.1. The monoisotopic (exact) mass is 432 g/mol. The van der Waals surface area contributed by atoms with Gasteiger partial charge in [-0.2, -0.15) is 4.36 Å². The van der Waals surface area contributed by atoms with Crippen LogP contribution < -0.4 is 0 Å². The van der Waals surface area contributed by atoms with Crippen molar-refractivity contribution in [1.82, 2.24) is 24.3 Å². The molecule has 1 unspecified atom stereocenters. The standard InChI is InChI=1S/C18H17ClN6O3S/c19-14-3-1-4-20-15(14)16(26)23-29(28)9-2-6-24(8-10-29)17(27)13-11-22-18-21-5-7-25(18)12-13/h1,3-5,7,11-12H,2,6,8-10H2. The lowest BCUT2D eigenvalue weighted by molar-refractivity contribution is 0.0767. The number of imidazole rings is 1. The third-order valence-electron chi connectivity index (χ3n) is 4.56. The van der Waals surface area contributed by atoms with Crippen LogP contribution in [0.3, 0.4) is 0 Å². The summed E-state index contributed by atoms with van der Waals surface area (Å²) in [7, 11) is -2.81. The molecule has 1 fully saturated rings. The van der Waals surface area contributed by atoms with Crippen LogP contribution in [0.25, 0.3) is 5.78 Å². The number of hydrogen-bond donors (Lipinski definition) is 0. The van der Waals surface area contributed by atoms with E-state index in [1.54, 1.807) is 34.0 Å². The average molecular weight is 433 g/mol. The van der Waals surface area contributed by atoms with Gasteiger partial charge in [-0.3, -0.25) is 14.0 Å². The molecule has 0 saturated carbocycles. The van der Waals surface area contributed by atoms with Crippen LogP contribution in [0.2, 0.25) is 5.02 Å². The Hall–Kier alpha value is -2.85. The fourth-order valence-electron chi connectivity index (χ4n) is 3.09. The summed E-state index contributed by atoms with van der Waals surface area (Å²) in [5, 5.41) is 0.164. The van der Waals surface area contributed by atoms with Crippen LogP contribution in [0, 0.1) is 0 Å². The fourth-order valence-corrected chi connectivity index (χ4v) is 5.15. The largest absolute Gasteiger partial charge is 0.338 e. The maximum absolute atomic E-state index is 13.1. The van der Waals surface area contributed by atoms with Crippen molar-refractivity contribution in [2.45, 2.75) is 6.42 Å². The van der Waals surface area contributed by atoms with Crippen LogP contribution in [0.5, 0.6) is 0 Å². The van der Waals surface area contributed by atoms with Crippen molar-refractivity contribution in [3.8, 4) is 0 Å². The number of halogens is 1. The summed E-state index contributed by atoms with van der Waals surface area (Å²) in [6.07, 6.45) is 8.35. The van der Waals surface area contributed by atoms with E-state index in [2.05, 4.69) is 19.3 Å². The van der Waals surface area contributed by atoms with Gasteiger partial charge < -0.3 is 4.90 Å². The zero-order valence-electron chi connectivity index (χ0n) is 15.3. The highest BCUT2D eigenvalue weighted by atomic mass is 35.5. The Morgan fingerprint density at radius 3 is 2.83 bits per heavy atom. The molecule has 1 atom stereocenters. The van der Waals surface area contributed by atoms with Crippen molar-refractivity contribution in [3.63, 3.8) is 0 Å². The van der Waals surface area contributed by atoms with Crippen LogP contribution in [0.1, 0.15) is 27.3 Å². The maximum atomic E-state index is 13.1. The molecule has 0 radical (unpaired) electrons. The van der Waals surface area contributed by atoms with Crippen molar-refractivity contribution in [2.24, 2.45) is 4.36 Å². The number of nitrogens with zero attached hydrogens (tertiary/aromatic N) is 6. The molecule has 29 heavy (non-hydrogen) atoms. The average Bonchev–Trinajstić information content (AvgIpc) is 3.09. The molecule has 0 spiro atoms. The summed E-state index contributed by atoms with van der Waals surface area (Å²) in [5.74, 6) is -0.0709. The Balaban J connectivity index is 1.52. The first-order chi connectivity index (χ1) is 14.0. The minimum absolute atomic E-state index is 0.0196. The number of aromatic nitrogens is 4. The highest BCUT2D eigenvalue weighted by Crippen LogP contribution is 2.17. The van der Waals surface area contributed by atoms with Crippen molar-refractivity contribution < 1.29 is 13.8 Å². The third kappa shape index (κ3) is 4.13. The summed E-state index contributed by atoms with van der Waals surface area (Å²) < 4.78 is 18.7. The molecule has 11 heteroatoms. The van der Waals surface area contributed by atoms with Crippen molar-refractivity contribution >= 4 is 38.9 Å². The van der Waals surface area contributed by atoms with Gasteiger partial charge in [0, 0.05) is 55.6 Å². The zero-order valence-corrected chi connectivity index (χ0v) is 16.8. The van der Waals surface area contributed by atoms with E-state index in [-0.39, 0.29) is 34.7 Å². The number of amides is 2. The predicted octanol–water partition coefficient (Wildman–Crippen LogP) is 1.93. The van der Waals surface area contributed by atoms with Crippen LogP contribution in [-0.2, 0) is 9.73 Å². The van der Waals surface area contributed by atoms with Crippen molar-refractivity contribution in [3.05, 3.63) is 59.4 Å². The lowest BCUT2D eigenvalue weighted by Crippen LogP contribution is -2.33. The third-order valence-corrected chi connectivity index (χ3v) is 7.11. The molecule has 150 valence electrons. The number of rotatable bonds is 2. The van der Waals surface area contributed by atoms with Gasteiger partial charge in [-0.25, -0.2) is 19.2 Å². The Kier molecular flexibility index (Phi) is 5.29. The summed E-state index contributed by atoms with van der Waals surface area (Å²) in [4.78, 5) is 39.0. The second-order valence-electron chi connectivity index (χ2n) is 6.53. The SMILES string of the molecule is O=C(N=S1(=O)CCCN(C(=O)c2cnc3nccn3c2)CC1)c1ncccc1Cl. The van der Waals surface area contributed by atoms with Gasteiger partial charge in [0.2, 0.25) is 5.78 Å². The van der Waals surface area contributed by atoms with Gasteiger partial charge in [0.25, 0.3) is 5.91 Å². The number of carbonyl (C=O) groups is 2. The molecule has 3 aromatic heterocycles. The van der Waals surface area contributed by atoms with Gasteiger partial charge in [-0.15, -0.1) is 0 Å². The molecule has 0 aromatic carbocycles. The van der Waals surface area contributed by atoms with Gasteiger partial charge in [0.05, 0.1) is 20.3 Å². The lowest BCUT2D eigenvalue weighted by Gasteiger charge is -2.19.